The number of para-hydroxylation sites is 1. The number of ether oxygens (including phenoxy) is 1. The first-order valence-corrected chi connectivity index (χ1v) is 7.57. The second kappa shape index (κ2) is 5.87. The third kappa shape index (κ3) is 2.97. The molecule has 0 amide bonds. The summed E-state index contributed by atoms with van der Waals surface area (Å²) in [5.41, 5.74) is 2.83. The van der Waals surface area contributed by atoms with Crippen molar-refractivity contribution < 1.29 is 14.5 Å². The van der Waals surface area contributed by atoms with Gasteiger partial charge in [0.15, 0.2) is 0 Å². The van der Waals surface area contributed by atoms with Gasteiger partial charge in [0, 0.05) is 23.5 Å². The maximum Gasteiger partial charge on any atom is 0.340 e. The van der Waals surface area contributed by atoms with Crippen LogP contribution in [0.4, 0.5) is 5.69 Å². The molecule has 23 heavy (non-hydrogen) atoms. The lowest BCUT2D eigenvalue weighted by Gasteiger charge is -2.08. The summed E-state index contributed by atoms with van der Waals surface area (Å²) in [6.07, 6.45) is 2.28. The van der Waals surface area contributed by atoms with E-state index < -0.39 is 10.9 Å². The number of nitro benzene ring substituents is 1. The number of benzene rings is 1. The van der Waals surface area contributed by atoms with E-state index in [0.29, 0.717) is 17.2 Å². The molecule has 1 saturated carbocycles. The molecule has 0 spiro atoms. The van der Waals surface area contributed by atoms with Crippen LogP contribution in [-0.4, -0.2) is 15.5 Å². The van der Waals surface area contributed by atoms with E-state index >= 15 is 0 Å². The molecular weight excluding hydrogens is 296 g/mol. The van der Waals surface area contributed by atoms with Crippen molar-refractivity contribution in [3.05, 3.63) is 63.0 Å². The van der Waals surface area contributed by atoms with Crippen molar-refractivity contribution in [2.24, 2.45) is 0 Å². The molecule has 3 rings (SSSR count). The van der Waals surface area contributed by atoms with Crippen molar-refractivity contribution in [3.63, 3.8) is 0 Å². The van der Waals surface area contributed by atoms with Crippen LogP contribution in [0.25, 0.3) is 0 Å². The molecule has 1 aliphatic rings. The highest BCUT2D eigenvalue weighted by Gasteiger charge is 2.28. The van der Waals surface area contributed by atoms with Gasteiger partial charge < -0.3 is 9.30 Å². The largest absolute Gasteiger partial charge is 0.457 e. The summed E-state index contributed by atoms with van der Waals surface area (Å²) in [6, 6.07) is 8.60. The Labute approximate surface area is 133 Å². The summed E-state index contributed by atoms with van der Waals surface area (Å²) < 4.78 is 7.47. The van der Waals surface area contributed by atoms with Crippen molar-refractivity contribution in [1.29, 1.82) is 0 Å². The van der Waals surface area contributed by atoms with E-state index in [1.165, 1.54) is 6.07 Å². The van der Waals surface area contributed by atoms with E-state index in [4.69, 9.17) is 4.74 Å². The quantitative estimate of drug-likeness (QED) is 0.479. The van der Waals surface area contributed by atoms with Crippen molar-refractivity contribution in [3.8, 4) is 0 Å². The average molecular weight is 314 g/mol. The minimum atomic E-state index is -0.470. The number of nitrogens with zero attached hydrogens (tertiary/aromatic N) is 2. The molecule has 6 heteroatoms. The third-order valence-electron chi connectivity index (χ3n) is 4.16. The first-order chi connectivity index (χ1) is 11.0. The first kappa shape index (κ1) is 15.3. The lowest BCUT2D eigenvalue weighted by atomic mass is 10.2. The summed E-state index contributed by atoms with van der Waals surface area (Å²) in [4.78, 5) is 22.8. The molecular formula is C17H18N2O4. The van der Waals surface area contributed by atoms with E-state index in [-0.39, 0.29) is 12.3 Å². The van der Waals surface area contributed by atoms with Crippen LogP contribution < -0.4 is 0 Å². The highest BCUT2D eigenvalue weighted by molar-refractivity contribution is 5.91. The zero-order chi connectivity index (χ0) is 16.6. The molecule has 0 bridgehead atoms. The Morgan fingerprint density at radius 1 is 1.35 bits per heavy atom. The summed E-state index contributed by atoms with van der Waals surface area (Å²) >= 11 is 0. The number of rotatable bonds is 5. The predicted molar refractivity (Wildman–Crippen MR) is 84.4 cm³/mol. The number of carbonyl (C=O) groups excluding carboxylic acids is 1. The molecule has 1 aromatic carbocycles. The summed E-state index contributed by atoms with van der Waals surface area (Å²) in [5.74, 6) is -0.442. The monoisotopic (exact) mass is 314 g/mol. The van der Waals surface area contributed by atoms with Gasteiger partial charge in [0.25, 0.3) is 5.69 Å². The van der Waals surface area contributed by atoms with E-state index in [1.54, 1.807) is 18.2 Å². The van der Waals surface area contributed by atoms with E-state index in [9.17, 15) is 14.9 Å². The number of aryl methyl sites for hydroxylation is 1. The second-order valence-electron chi connectivity index (χ2n) is 5.85. The number of aromatic nitrogens is 1. The van der Waals surface area contributed by atoms with Crippen LogP contribution in [0.3, 0.4) is 0 Å². The van der Waals surface area contributed by atoms with Crippen LogP contribution in [0.2, 0.25) is 0 Å². The SMILES string of the molecule is Cc1cc(C(=O)OCc2ccccc2[N+](=O)[O-])c(C)n1C1CC1. The Morgan fingerprint density at radius 3 is 2.70 bits per heavy atom. The van der Waals surface area contributed by atoms with Crippen LogP contribution in [-0.2, 0) is 11.3 Å². The second-order valence-corrected chi connectivity index (χ2v) is 5.85. The Kier molecular flexibility index (Phi) is 3.90. The third-order valence-corrected chi connectivity index (χ3v) is 4.16. The van der Waals surface area contributed by atoms with Gasteiger partial charge in [0.05, 0.1) is 16.1 Å². The molecule has 2 aromatic rings. The Bertz CT molecular complexity index is 775. The molecule has 1 heterocycles. The fourth-order valence-corrected chi connectivity index (χ4v) is 2.91. The predicted octanol–water partition coefficient (Wildman–Crippen LogP) is 3.71. The van der Waals surface area contributed by atoms with Crippen LogP contribution in [0.1, 0.15) is 46.2 Å². The summed E-state index contributed by atoms with van der Waals surface area (Å²) in [5, 5.41) is 11.0. The van der Waals surface area contributed by atoms with Gasteiger partial charge in [-0.15, -0.1) is 0 Å². The highest BCUT2D eigenvalue weighted by atomic mass is 16.6. The highest BCUT2D eigenvalue weighted by Crippen LogP contribution is 2.38. The molecule has 1 aromatic heterocycles. The maximum atomic E-state index is 12.3. The Hall–Kier alpha value is -2.63. The number of esters is 1. The standard InChI is InChI=1S/C17H18N2O4/c1-11-9-15(12(2)18(11)14-7-8-14)17(20)23-10-13-5-3-4-6-16(13)19(21)22/h3-6,9,14H,7-8,10H2,1-2H3. The van der Waals surface area contributed by atoms with Gasteiger partial charge in [-0.1, -0.05) is 12.1 Å². The molecule has 1 fully saturated rings. The number of hydrogen-bond donors (Lipinski definition) is 0. The molecule has 0 aliphatic heterocycles. The maximum absolute atomic E-state index is 12.3. The molecule has 0 atom stereocenters. The van der Waals surface area contributed by atoms with Gasteiger partial charge in [-0.2, -0.15) is 0 Å². The first-order valence-electron chi connectivity index (χ1n) is 7.57. The lowest BCUT2D eigenvalue weighted by Crippen LogP contribution is -2.08. The number of nitro groups is 1. The molecule has 0 N–H and O–H groups in total. The number of hydrogen-bond acceptors (Lipinski definition) is 4. The van der Waals surface area contributed by atoms with Gasteiger partial charge in [-0.05, 0) is 38.8 Å². The molecule has 1 aliphatic carbocycles. The average Bonchev–Trinajstić information content (AvgIpc) is 3.30. The van der Waals surface area contributed by atoms with Gasteiger partial charge in [-0.25, -0.2) is 4.79 Å². The van der Waals surface area contributed by atoms with Gasteiger partial charge in [-0.3, -0.25) is 10.1 Å². The van der Waals surface area contributed by atoms with Gasteiger partial charge in [0.2, 0.25) is 0 Å². The van der Waals surface area contributed by atoms with Crippen molar-refractivity contribution >= 4 is 11.7 Å². The van der Waals surface area contributed by atoms with Crippen molar-refractivity contribution in [1.82, 2.24) is 4.57 Å². The summed E-state index contributed by atoms with van der Waals surface area (Å²) in [6.45, 7) is 3.78. The summed E-state index contributed by atoms with van der Waals surface area (Å²) in [7, 11) is 0. The normalized spacial score (nSPS) is 13.8. The zero-order valence-electron chi connectivity index (χ0n) is 13.1. The van der Waals surface area contributed by atoms with Crippen LogP contribution in [0.5, 0.6) is 0 Å². The molecule has 0 saturated heterocycles. The molecule has 0 radical (unpaired) electrons. The molecule has 120 valence electrons. The topological polar surface area (TPSA) is 74.4 Å². The van der Waals surface area contributed by atoms with E-state index in [2.05, 4.69) is 4.57 Å². The Morgan fingerprint density at radius 2 is 2.04 bits per heavy atom. The smallest absolute Gasteiger partial charge is 0.340 e. The fourth-order valence-electron chi connectivity index (χ4n) is 2.91. The van der Waals surface area contributed by atoms with E-state index in [0.717, 1.165) is 24.2 Å². The van der Waals surface area contributed by atoms with Crippen LogP contribution in [0, 0.1) is 24.0 Å². The van der Waals surface area contributed by atoms with Crippen molar-refractivity contribution in [2.75, 3.05) is 0 Å². The minimum Gasteiger partial charge on any atom is -0.457 e. The molecule has 0 unspecified atom stereocenters. The fraction of sp³-hybridized carbons (Fsp3) is 0.353. The minimum absolute atomic E-state index is 0.0382. The van der Waals surface area contributed by atoms with Crippen LogP contribution >= 0.6 is 0 Å². The van der Waals surface area contributed by atoms with E-state index in [1.807, 2.05) is 19.9 Å². The Balaban J connectivity index is 1.76. The number of carbonyl (C=O) groups is 1. The van der Waals surface area contributed by atoms with Gasteiger partial charge in [0.1, 0.15) is 6.61 Å². The van der Waals surface area contributed by atoms with Gasteiger partial charge >= 0.3 is 5.97 Å². The molecule has 6 nitrogen and oxygen atoms in total. The zero-order valence-corrected chi connectivity index (χ0v) is 13.1. The lowest BCUT2D eigenvalue weighted by molar-refractivity contribution is -0.385. The van der Waals surface area contributed by atoms with Crippen LogP contribution in [0.15, 0.2) is 30.3 Å². The van der Waals surface area contributed by atoms with Crippen molar-refractivity contribution in [2.45, 2.75) is 39.3 Å².